The topological polar surface area (TPSA) is 130 Å². The van der Waals surface area contributed by atoms with Crippen LogP contribution in [0.1, 0.15) is 104 Å². The minimum absolute atomic E-state index is 0.0248. The molecule has 5 fully saturated rings. The van der Waals surface area contributed by atoms with Gasteiger partial charge in [-0.2, -0.15) is 0 Å². The number of nitrogens with one attached hydrogen (secondary N) is 2. The zero-order valence-electron chi connectivity index (χ0n) is 23.3. The molecule has 0 aromatic carbocycles. The lowest BCUT2D eigenvalue weighted by atomic mass is 9.81. The zero-order valence-corrected chi connectivity index (χ0v) is 23.3. The Morgan fingerprint density at radius 2 is 1.81 bits per heavy atom. The molecule has 3 aromatic rings. The lowest BCUT2D eigenvalue weighted by Gasteiger charge is -2.40. The first-order chi connectivity index (χ1) is 20.0. The summed E-state index contributed by atoms with van der Waals surface area (Å²) in [7, 11) is 0. The van der Waals surface area contributed by atoms with E-state index in [2.05, 4.69) is 25.2 Å². The van der Waals surface area contributed by atoms with E-state index in [-0.39, 0.29) is 54.7 Å². The molecule has 1 unspecified atom stereocenters. The van der Waals surface area contributed by atoms with Crippen LogP contribution in [0.4, 0.5) is 13.2 Å². The van der Waals surface area contributed by atoms with Crippen molar-refractivity contribution < 1.29 is 27.4 Å². The van der Waals surface area contributed by atoms with Crippen molar-refractivity contribution in [3.63, 3.8) is 0 Å². The second-order valence-corrected chi connectivity index (χ2v) is 13.4. The fourth-order valence-electron chi connectivity index (χ4n) is 7.42. The van der Waals surface area contributed by atoms with Crippen molar-refractivity contribution in [3.05, 3.63) is 35.0 Å². The number of carbonyl (C=O) groups excluding carboxylic acids is 2. The quantitative estimate of drug-likeness (QED) is 0.423. The van der Waals surface area contributed by atoms with Crippen molar-refractivity contribution in [2.45, 2.75) is 94.8 Å². The number of piperidine rings is 1. The smallest absolute Gasteiger partial charge is 0.276 e. The van der Waals surface area contributed by atoms with Crippen molar-refractivity contribution in [1.82, 2.24) is 35.5 Å². The second-order valence-electron chi connectivity index (χ2n) is 13.4. The predicted octanol–water partition coefficient (Wildman–Crippen LogP) is 4.89. The van der Waals surface area contributed by atoms with Crippen LogP contribution in [0.15, 0.2) is 16.8 Å². The molecule has 0 radical (unpaired) electrons. The lowest BCUT2D eigenvalue weighted by molar-refractivity contribution is -0.140. The van der Waals surface area contributed by atoms with E-state index in [1.54, 1.807) is 6.92 Å². The first-order valence-electron chi connectivity index (χ1n) is 14.9. The number of fused-ring (bicyclic) bond motifs is 2. The van der Waals surface area contributed by atoms with E-state index in [1.165, 1.54) is 0 Å². The molecule has 0 bridgehead atoms. The van der Waals surface area contributed by atoms with E-state index in [9.17, 15) is 22.8 Å². The summed E-state index contributed by atoms with van der Waals surface area (Å²) in [6, 6.07) is 2.80. The number of aromatic amines is 1. The molecule has 4 aliphatic carbocycles. The van der Waals surface area contributed by atoms with Crippen molar-refractivity contribution >= 4 is 23.0 Å². The molecule has 2 amide bonds. The summed E-state index contributed by atoms with van der Waals surface area (Å²) < 4.78 is 47.3. The average molecular weight is 584 g/mol. The molecule has 2 N–H and O–H groups in total. The number of halogens is 3. The van der Waals surface area contributed by atoms with E-state index in [0.29, 0.717) is 47.8 Å². The standard InChI is InChI=1S/C29H32F3N7O3/c1-15-20(38-42-37-15)24(40)35-21(16-4-6-29(31,32)7-5-16)23-34-18-3-2-17(33-22(18)36-23)19-12-26(8-9-26)10-11-39(19)25(41)27-13-28(27,30)14-27/h2-3,16,19,21H,4-14H2,1H3,(H,35,40)(H,33,34,36)/t19?,21-,27?,28?/m0/s1. The highest BCUT2D eigenvalue weighted by atomic mass is 19.3. The van der Waals surface area contributed by atoms with Gasteiger partial charge in [-0.25, -0.2) is 27.8 Å². The SMILES string of the molecule is Cc1nonc1C(=O)N[C@H](c1nc2nc(C3CC4(CCN3C(=O)C35CC3(F)C5)CC4)ccc2[nH]1)C1CCC(F)(F)CC1. The molecule has 4 heterocycles. The molecule has 1 spiro atoms. The number of aryl methyl sites for hydroxylation is 1. The molecule has 4 saturated carbocycles. The van der Waals surface area contributed by atoms with Gasteiger partial charge in [0.25, 0.3) is 5.91 Å². The largest absolute Gasteiger partial charge is 0.340 e. The molecule has 2 atom stereocenters. The van der Waals surface area contributed by atoms with Gasteiger partial charge in [-0.3, -0.25) is 9.59 Å². The molecule has 8 rings (SSSR count). The second kappa shape index (κ2) is 8.53. The molecule has 1 aliphatic heterocycles. The number of H-pyrrole nitrogens is 1. The van der Waals surface area contributed by atoms with Crippen molar-refractivity contribution in [3.8, 4) is 0 Å². The highest BCUT2D eigenvalue weighted by molar-refractivity contribution is 5.94. The van der Waals surface area contributed by atoms with Gasteiger partial charge in [-0.05, 0) is 74.1 Å². The summed E-state index contributed by atoms with van der Waals surface area (Å²) in [4.78, 5) is 41.3. The number of imidazole rings is 1. The minimum atomic E-state index is -2.73. The van der Waals surface area contributed by atoms with E-state index in [0.717, 1.165) is 25.7 Å². The number of likely N-dealkylation sites (tertiary alicyclic amines) is 1. The van der Waals surface area contributed by atoms with E-state index in [1.807, 2.05) is 17.0 Å². The molecule has 10 nitrogen and oxygen atoms in total. The van der Waals surface area contributed by atoms with Crippen molar-refractivity contribution in [2.75, 3.05) is 6.54 Å². The Bertz CT molecular complexity index is 1600. The van der Waals surface area contributed by atoms with Gasteiger partial charge in [0.2, 0.25) is 11.8 Å². The van der Waals surface area contributed by atoms with Gasteiger partial charge in [0, 0.05) is 32.2 Å². The maximum Gasteiger partial charge on any atom is 0.276 e. The summed E-state index contributed by atoms with van der Waals surface area (Å²) >= 11 is 0. The number of amides is 2. The fraction of sp³-hybridized carbons (Fsp3) is 0.655. The first-order valence-corrected chi connectivity index (χ1v) is 14.9. The summed E-state index contributed by atoms with van der Waals surface area (Å²) in [6.07, 6.45) is 4.51. The van der Waals surface area contributed by atoms with Crippen LogP contribution in [-0.2, 0) is 4.79 Å². The molecular formula is C29H32F3N7O3. The first kappa shape index (κ1) is 26.1. The van der Waals surface area contributed by atoms with Gasteiger partial charge < -0.3 is 15.2 Å². The number of hydrogen-bond donors (Lipinski definition) is 2. The molecule has 13 heteroatoms. The molecular weight excluding hydrogens is 551 g/mol. The fourth-order valence-corrected chi connectivity index (χ4v) is 7.42. The number of nitrogens with zero attached hydrogens (tertiary/aromatic N) is 5. The Kier molecular flexibility index (Phi) is 5.31. The summed E-state index contributed by atoms with van der Waals surface area (Å²) in [6.45, 7) is 2.20. The molecule has 222 valence electrons. The Morgan fingerprint density at radius 1 is 1.07 bits per heavy atom. The minimum Gasteiger partial charge on any atom is -0.340 e. The third kappa shape index (κ3) is 4.05. The average Bonchev–Trinajstić information content (AvgIpc) is 3.82. The van der Waals surface area contributed by atoms with E-state index >= 15 is 0 Å². The summed E-state index contributed by atoms with van der Waals surface area (Å²) in [5, 5.41) is 10.3. The number of pyridine rings is 1. The predicted molar refractivity (Wildman–Crippen MR) is 141 cm³/mol. The third-order valence-electron chi connectivity index (χ3n) is 10.7. The Labute approximate surface area is 239 Å². The maximum atomic E-state index is 14.6. The van der Waals surface area contributed by atoms with Crippen LogP contribution in [-0.4, -0.2) is 60.1 Å². The number of rotatable bonds is 6. The molecule has 3 aromatic heterocycles. The van der Waals surface area contributed by atoms with Crippen LogP contribution < -0.4 is 5.32 Å². The van der Waals surface area contributed by atoms with Gasteiger partial charge in [-0.1, -0.05) is 5.16 Å². The number of aromatic nitrogens is 5. The van der Waals surface area contributed by atoms with E-state index in [4.69, 9.17) is 9.97 Å². The van der Waals surface area contributed by atoms with Crippen molar-refractivity contribution in [1.29, 1.82) is 0 Å². The van der Waals surface area contributed by atoms with Crippen molar-refractivity contribution in [2.24, 2.45) is 16.7 Å². The Balaban J connectivity index is 1.10. The normalized spacial score (nSPS) is 31.5. The van der Waals surface area contributed by atoms with Crippen LogP contribution in [0.2, 0.25) is 0 Å². The molecule has 1 saturated heterocycles. The number of carbonyl (C=O) groups is 2. The van der Waals surface area contributed by atoms with Gasteiger partial charge >= 0.3 is 0 Å². The number of alkyl halides is 3. The zero-order chi connectivity index (χ0) is 29.1. The molecule has 42 heavy (non-hydrogen) atoms. The number of hydrogen-bond acceptors (Lipinski definition) is 7. The Morgan fingerprint density at radius 3 is 2.45 bits per heavy atom. The third-order valence-corrected chi connectivity index (χ3v) is 10.7. The van der Waals surface area contributed by atoms with Crippen LogP contribution in [0.25, 0.3) is 11.2 Å². The lowest BCUT2D eigenvalue weighted by Crippen LogP contribution is -2.44. The maximum absolute atomic E-state index is 14.6. The van der Waals surface area contributed by atoms with Crippen LogP contribution >= 0.6 is 0 Å². The monoisotopic (exact) mass is 583 g/mol. The van der Waals surface area contributed by atoms with Crippen LogP contribution in [0, 0.1) is 23.7 Å². The highest BCUT2D eigenvalue weighted by Crippen LogP contribution is 2.82. The van der Waals surface area contributed by atoms with Crippen LogP contribution in [0.5, 0.6) is 0 Å². The molecule has 5 aliphatic rings. The summed E-state index contributed by atoms with van der Waals surface area (Å²) in [5.41, 5.74) is 0.207. The summed E-state index contributed by atoms with van der Waals surface area (Å²) in [5.74, 6) is -3.22. The van der Waals surface area contributed by atoms with Gasteiger partial charge in [-0.15, -0.1) is 0 Å². The van der Waals surface area contributed by atoms with E-state index < -0.39 is 29.0 Å². The van der Waals surface area contributed by atoms with Crippen LogP contribution in [0.3, 0.4) is 0 Å². The van der Waals surface area contributed by atoms with Gasteiger partial charge in [0.1, 0.15) is 17.2 Å². The van der Waals surface area contributed by atoms with Gasteiger partial charge in [0.05, 0.1) is 28.7 Å². The van der Waals surface area contributed by atoms with Gasteiger partial charge in [0.15, 0.2) is 11.3 Å². The highest BCUT2D eigenvalue weighted by Gasteiger charge is 2.90. The Hall–Kier alpha value is -3.51.